The van der Waals surface area contributed by atoms with Gasteiger partial charge >= 0.3 is 6.09 Å². The van der Waals surface area contributed by atoms with Gasteiger partial charge in [-0.15, -0.1) is 0 Å². The summed E-state index contributed by atoms with van der Waals surface area (Å²) in [5.74, 6) is 1.70. The van der Waals surface area contributed by atoms with Gasteiger partial charge in [0.25, 0.3) is 0 Å². The number of amides is 1. The summed E-state index contributed by atoms with van der Waals surface area (Å²) in [6.07, 6.45) is 2.43. The molecule has 3 saturated heterocycles. The molecule has 1 amide bonds. The van der Waals surface area contributed by atoms with Crippen LogP contribution in [0.2, 0.25) is 0 Å². The average Bonchev–Trinajstić information content (AvgIpc) is 3.40. The minimum Gasteiger partial charge on any atom is -0.465 e. The maximum atomic E-state index is 16.1. The highest BCUT2D eigenvalue weighted by Gasteiger charge is 2.43. The quantitative estimate of drug-likeness (QED) is 0.261. The molecule has 4 aromatic rings. The van der Waals surface area contributed by atoms with Gasteiger partial charge in [0.05, 0.1) is 5.39 Å². The molecule has 0 spiro atoms. The Balaban J connectivity index is 1.01. The lowest BCUT2D eigenvalue weighted by Crippen LogP contribution is -2.63. The van der Waals surface area contributed by atoms with Gasteiger partial charge in [-0.05, 0) is 73.5 Å². The van der Waals surface area contributed by atoms with Crippen LogP contribution >= 0.6 is 0 Å². The van der Waals surface area contributed by atoms with E-state index < -0.39 is 17.7 Å². The lowest BCUT2D eigenvalue weighted by molar-refractivity contribution is -0.0287. The number of hydrogen-bond acceptors (Lipinski definition) is 8. The first-order valence-electron chi connectivity index (χ1n) is 16.6. The number of hydrogen-bond donors (Lipinski definition) is 2. The lowest BCUT2D eigenvalue weighted by Gasteiger charge is -2.49. The van der Waals surface area contributed by atoms with Gasteiger partial charge in [-0.2, -0.15) is 5.10 Å². The van der Waals surface area contributed by atoms with Crippen LogP contribution in [0.1, 0.15) is 33.1 Å². The van der Waals surface area contributed by atoms with E-state index in [1.807, 2.05) is 59.3 Å². The second kappa shape index (κ2) is 12.7. The molecule has 47 heavy (non-hydrogen) atoms. The van der Waals surface area contributed by atoms with Crippen molar-refractivity contribution in [2.24, 2.45) is 11.3 Å². The number of ether oxygens (including phenoxy) is 1. The number of benzene rings is 2. The Bertz CT molecular complexity index is 1700. The summed E-state index contributed by atoms with van der Waals surface area (Å²) >= 11 is 0. The van der Waals surface area contributed by atoms with E-state index in [0.717, 1.165) is 50.2 Å². The Morgan fingerprint density at radius 1 is 0.936 bits per heavy atom. The molecular weight excluding hydrogens is 599 g/mol. The molecule has 3 aliphatic rings. The first kappa shape index (κ1) is 31.3. The van der Waals surface area contributed by atoms with Crippen LogP contribution in [0.4, 0.5) is 15.0 Å². The first-order chi connectivity index (χ1) is 22.7. The van der Waals surface area contributed by atoms with Crippen LogP contribution in [0.15, 0.2) is 60.9 Å². The molecule has 0 bridgehead atoms. The van der Waals surface area contributed by atoms with Gasteiger partial charge in [0.2, 0.25) is 0 Å². The fourth-order valence-corrected chi connectivity index (χ4v) is 7.75. The number of nitrogens with two attached hydrogens (primary N) is 1. The number of piperidine rings is 2. The van der Waals surface area contributed by atoms with Gasteiger partial charge < -0.3 is 20.5 Å². The third-order valence-electron chi connectivity index (χ3n) is 10.5. The van der Waals surface area contributed by atoms with Crippen molar-refractivity contribution in [3.63, 3.8) is 0 Å². The van der Waals surface area contributed by atoms with Crippen LogP contribution in [0.25, 0.3) is 22.3 Å². The van der Waals surface area contributed by atoms with Gasteiger partial charge in [0, 0.05) is 56.9 Å². The fourth-order valence-electron chi connectivity index (χ4n) is 7.75. The summed E-state index contributed by atoms with van der Waals surface area (Å²) < 4.78 is 23.9. The van der Waals surface area contributed by atoms with E-state index in [1.54, 1.807) is 0 Å². The summed E-state index contributed by atoms with van der Waals surface area (Å²) in [5.41, 5.74) is 8.20. The van der Waals surface area contributed by atoms with Crippen molar-refractivity contribution in [2.45, 2.75) is 57.9 Å². The molecule has 2 aromatic heterocycles. The third-order valence-corrected chi connectivity index (χ3v) is 10.5. The summed E-state index contributed by atoms with van der Waals surface area (Å²) in [6.45, 7) is 9.12. The predicted octanol–water partition coefficient (Wildman–Crippen LogP) is 5.38. The van der Waals surface area contributed by atoms with E-state index in [2.05, 4.69) is 33.6 Å². The molecule has 3 aliphatic heterocycles. The number of halogens is 1. The molecule has 3 fully saturated rings. The van der Waals surface area contributed by atoms with Crippen molar-refractivity contribution >= 4 is 22.9 Å². The standard InChI is InChI=1S/C35H43FN8O3/c1-35(2,28-14-17-42(20-29(28)36)24-12-15-41(16-13-24)25-18-43(19-25)34(45)46)21-44-33-30(32(37)38-22-39-33)31(40-44)23-8-10-27(11-9-23)47-26-6-4-3-5-7-26/h3-11,22,24-25,28-29H,12-21H2,1-2H3,(H,45,46)(H2,37,38,39)/t28-,29-/m1/s1. The molecule has 248 valence electrons. The molecule has 5 heterocycles. The number of carboxylic acid groups (broad SMARTS) is 1. The van der Waals surface area contributed by atoms with E-state index in [0.29, 0.717) is 66.6 Å². The fraction of sp³-hybridized carbons (Fsp3) is 0.486. The van der Waals surface area contributed by atoms with E-state index in [9.17, 15) is 4.79 Å². The maximum absolute atomic E-state index is 16.1. The largest absolute Gasteiger partial charge is 0.465 e. The van der Waals surface area contributed by atoms with Crippen LogP contribution in [0.5, 0.6) is 11.5 Å². The topological polar surface area (TPSA) is 126 Å². The molecule has 11 nitrogen and oxygen atoms in total. The van der Waals surface area contributed by atoms with Crippen molar-refractivity contribution in [3.05, 3.63) is 60.9 Å². The average molecular weight is 643 g/mol. The van der Waals surface area contributed by atoms with E-state index >= 15 is 4.39 Å². The number of nitrogen functional groups attached to an aromatic ring is 1. The van der Waals surface area contributed by atoms with Gasteiger partial charge in [0.15, 0.2) is 5.65 Å². The van der Waals surface area contributed by atoms with Crippen LogP contribution in [0.3, 0.4) is 0 Å². The van der Waals surface area contributed by atoms with Gasteiger partial charge in [-0.25, -0.2) is 23.8 Å². The number of anilines is 1. The first-order valence-corrected chi connectivity index (χ1v) is 16.6. The highest BCUT2D eigenvalue weighted by molar-refractivity contribution is 5.98. The number of para-hydroxylation sites is 1. The SMILES string of the molecule is CC(C)(Cn1nc(-c2ccc(Oc3ccccc3)cc2)c2c(N)ncnc21)[C@@H]1CCN(C2CCN(C3CN(C(=O)O)C3)CC2)C[C@H]1F. The minimum atomic E-state index is -0.953. The van der Waals surface area contributed by atoms with E-state index in [-0.39, 0.29) is 5.92 Å². The normalized spacial score (nSPS) is 22.0. The molecule has 2 atom stereocenters. The second-order valence-electron chi connectivity index (χ2n) is 13.9. The van der Waals surface area contributed by atoms with Crippen molar-refractivity contribution in [1.82, 2.24) is 34.4 Å². The Morgan fingerprint density at radius 3 is 2.30 bits per heavy atom. The highest BCUT2D eigenvalue weighted by Crippen LogP contribution is 2.41. The number of alkyl halides is 1. The second-order valence-corrected chi connectivity index (χ2v) is 13.9. The Morgan fingerprint density at radius 2 is 1.62 bits per heavy atom. The van der Waals surface area contributed by atoms with Crippen molar-refractivity contribution in [2.75, 3.05) is 45.0 Å². The molecule has 12 heteroatoms. The van der Waals surface area contributed by atoms with Gasteiger partial charge in [-0.3, -0.25) is 9.80 Å². The maximum Gasteiger partial charge on any atom is 0.407 e. The van der Waals surface area contributed by atoms with E-state index in [1.165, 1.54) is 11.2 Å². The van der Waals surface area contributed by atoms with E-state index in [4.69, 9.17) is 20.7 Å². The molecule has 0 aliphatic carbocycles. The van der Waals surface area contributed by atoms with Crippen LogP contribution in [-0.4, -0.2) is 103 Å². The molecule has 0 radical (unpaired) electrons. The number of aromatic nitrogens is 4. The predicted molar refractivity (Wildman–Crippen MR) is 178 cm³/mol. The number of nitrogens with zero attached hydrogens (tertiary/aromatic N) is 7. The summed E-state index contributed by atoms with van der Waals surface area (Å²) in [6, 6.07) is 18.0. The van der Waals surface area contributed by atoms with Crippen LogP contribution in [0, 0.1) is 11.3 Å². The molecule has 2 aromatic carbocycles. The zero-order valence-electron chi connectivity index (χ0n) is 27.0. The number of rotatable bonds is 8. The smallest absolute Gasteiger partial charge is 0.407 e. The van der Waals surface area contributed by atoms with Crippen molar-refractivity contribution in [1.29, 1.82) is 0 Å². The molecule has 3 N–H and O–H groups in total. The third kappa shape index (κ3) is 6.36. The monoisotopic (exact) mass is 642 g/mol. The molecular formula is C35H43FN8O3. The van der Waals surface area contributed by atoms with Crippen LogP contribution in [-0.2, 0) is 6.54 Å². The summed E-state index contributed by atoms with van der Waals surface area (Å²) in [7, 11) is 0. The molecule has 0 unspecified atom stereocenters. The number of likely N-dealkylation sites (tertiary alicyclic amines) is 3. The Kier molecular flexibility index (Phi) is 8.48. The van der Waals surface area contributed by atoms with Gasteiger partial charge in [0.1, 0.15) is 35.5 Å². The van der Waals surface area contributed by atoms with Gasteiger partial charge in [-0.1, -0.05) is 32.0 Å². The lowest BCUT2D eigenvalue weighted by atomic mass is 9.72. The Labute approximate surface area is 274 Å². The number of fused-ring (bicyclic) bond motifs is 1. The summed E-state index contributed by atoms with van der Waals surface area (Å²) in [4.78, 5) is 26.2. The minimum absolute atomic E-state index is 0.132. The summed E-state index contributed by atoms with van der Waals surface area (Å²) in [5, 5.41) is 14.8. The molecule has 7 rings (SSSR count). The molecule has 0 saturated carbocycles. The zero-order valence-corrected chi connectivity index (χ0v) is 27.0. The van der Waals surface area contributed by atoms with Crippen molar-refractivity contribution in [3.8, 4) is 22.8 Å². The van der Waals surface area contributed by atoms with Crippen LogP contribution < -0.4 is 10.5 Å². The van der Waals surface area contributed by atoms with Crippen molar-refractivity contribution < 1.29 is 19.0 Å². The number of carbonyl (C=O) groups is 1. The Hall–Kier alpha value is -4.29. The zero-order chi connectivity index (χ0) is 32.7. The highest BCUT2D eigenvalue weighted by atomic mass is 19.1.